The molecule has 0 amide bonds. The van der Waals surface area contributed by atoms with Crippen molar-refractivity contribution in [2.24, 2.45) is 17.3 Å². The molecule has 1 aliphatic heterocycles. The molecule has 1 saturated carbocycles. The number of nitrogens with zero attached hydrogens (tertiary/aromatic N) is 1. The molecule has 2 heterocycles. The Labute approximate surface area is 217 Å². The van der Waals surface area contributed by atoms with Crippen LogP contribution in [0.4, 0.5) is 0 Å². The number of fused-ring (bicyclic) bond motifs is 4. The molecule has 0 spiro atoms. The largest absolute Gasteiger partial charge is 0.489 e. The van der Waals surface area contributed by atoms with Crippen LogP contribution in [0.2, 0.25) is 0 Å². The molecule has 6 rings (SSSR count). The van der Waals surface area contributed by atoms with Crippen LogP contribution in [0.3, 0.4) is 0 Å². The van der Waals surface area contributed by atoms with Crippen molar-refractivity contribution in [2.75, 3.05) is 13.6 Å². The average molecular weight is 499 g/mol. The van der Waals surface area contributed by atoms with E-state index in [0.29, 0.717) is 12.8 Å². The van der Waals surface area contributed by atoms with Crippen molar-refractivity contribution in [3.8, 4) is 0 Å². The molecule has 1 fully saturated rings. The first-order valence-electron chi connectivity index (χ1n) is 13.2. The topological polar surface area (TPSA) is 77.5 Å². The first-order valence-corrected chi connectivity index (χ1v) is 13.2. The second kappa shape index (κ2) is 8.66. The fourth-order valence-corrected chi connectivity index (χ4v) is 7.67. The van der Waals surface area contributed by atoms with Gasteiger partial charge in [-0.1, -0.05) is 37.3 Å². The molecule has 6 heteroatoms. The Bertz CT molecular complexity index is 1390. The Morgan fingerprint density at radius 1 is 1.24 bits per heavy atom. The number of hydrogen-bond donors (Lipinski definition) is 1. The number of nitrogens with one attached hydrogen (secondary N) is 1. The number of hydrogen-bond acceptors (Lipinski definition) is 6. The molecule has 0 bridgehead atoms. The number of Topliss-reactive ketones (excluding diaryl/α,β-unsaturated/α-hetero) is 1. The van der Waals surface area contributed by atoms with Gasteiger partial charge in [-0.05, 0) is 61.5 Å². The number of rotatable bonds is 4. The van der Waals surface area contributed by atoms with Crippen LogP contribution < -0.4 is 5.32 Å². The highest BCUT2D eigenvalue weighted by Crippen LogP contribution is 2.65. The van der Waals surface area contributed by atoms with Gasteiger partial charge in [-0.3, -0.25) is 14.6 Å². The second-order valence-electron chi connectivity index (χ2n) is 11.6. The van der Waals surface area contributed by atoms with Crippen LogP contribution in [0.15, 0.2) is 71.8 Å². The van der Waals surface area contributed by atoms with Crippen LogP contribution in [-0.2, 0) is 19.1 Å². The van der Waals surface area contributed by atoms with Gasteiger partial charge in [0.15, 0.2) is 5.78 Å². The third-order valence-corrected chi connectivity index (χ3v) is 9.01. The van der Waals surface area contributed by atoms with E-state index in [2.05, 4.69) is 66.6 Å². The van der Waals surface area contributed by atoms with E-state index in [1.165, 1.54) is 6.92 Å². The Morgan fingerprint density at radius 2 is 2.08 bits per heavy atom. The van der Waals surface area contributed by atoms with E-state index in [-0.39, 0.29) is 41.0 Å². The van der Waals surface area contributed by atoms with E-state index >= 15 is 0 Å². The summed E-state index contributed by atoms with van der Waals surface area (Å²) in [6.07, 6.45) is 11.9. The van der Waals surface area contributed by atoms with Crippen molar-refractivity contribution in [3.05, 3.63) is 77.4 Å². The van der Waals surface area contributed by atoms with E-state index in [1.54, 1.807) is 0 Å². The Hall–Kier alpha value is -3.25. The molecule has 2 unspecified atom stereocenters. The van der Waals surface area contributed by atoms with Gasteiger partial charge in [-0.25, -0.2) is 0 Å². The number of pyridine rings is 1. The van der Waals surface area contributed by atoms with Gasteiger partial charge in [0.05, 0.1) is 5.57 Å². The van der Waals surface area contributed by atoms with E-state index in [9.17, 15) is 9.59 Å². The SMILES string of the molecule is CNCC1CC(=O)C2=C(C1)O[C@@H]1C(=C2)C=C[C@@]2(C)[C@H]1CC(C)(OC(C)=O)[C@@H]2c1cccc2cnccc12. The van der Waals surface area contributed by atoms with Gasteiger partial charge in [0.1, 0.15) is 17.5 Å². The minimum atomic E-state index is -0.725. The summed E-state index contributed by atoms with van der Waals surface area (Å²) in [7, 11) is 1.92. The summed E-state index contributed by atoms with van der Waals surface area (Å²) in [5.41, 5.74) is 1.87. The monoisotopic (exact) mass is 498 g/mol. The Balaban J connectivity index is 1.46. The van der Waals surface area contributed by atoms with E-state index < -0.39 is 5.60 Å². The molecule has 0 radical (unpaired) electrons. The van der Waals surface area contributed by atoms with Crippen molar-refractivity contribution in [1.29, 1.82) is 0 Å². The van der Waals surface area contributed by atoms with Gasteiger partial charge in [-0.2, -0.15) is 0 Å². The highest BCUT2D eigenvalue weighted by Gasteiger charge is 2.63. The van der Waals surface area contributed by atoms with Crippen molar-refractivity contribution in [2.45, 2.75) is 57.7 Å². The fourth-order valence-electron chi connectivity index (χ4n) is 7.67. The molecular formula is C31H34N2O4. The lowest BCUT2D eigenvalue weighted by Gasteiger charge is -2.45. The van der Waals surface area contributed by atoms with Gasteiger partial charge < -0.3 is 14.8 Å². The van der Waals surface area contributed by atoms with Crippen LogP contribution in [-0.4, -0.2) is 42.0 Å². The lowest BCUT2D eigenvalue weighted by atomic mass is 9.63. The number of ether oxygens (including phenoxy) is 2. The van der Waals surface area contributed by atoms with E-state index in [1.807, 2.05) is 19.4 Å². The molecule has 37 heavy (non-hydrogen) atoms. The summed E-state index contributed by atoms with van der Waals surface area (Å²) in [5.74, 6) is 0.928. The summed E-state index contributed by atoms with van der Waals surface area (Å²) < 4.78 is 12.9. The smallest absolute Gasteiger partial charge is 0.303 e. The molecule has 1 aromatic heterocycles. The number of benzene rings is 1. The van der Waals surface area contributed by atoms with Crippen LogP contribution >= 0.6 is 0 Å². The molecular weight excluding hydrogens is 464 g/mol. The standard InChI is InChI=1S/C31H34N2O4/c1-18(34)37-31(3)15-25-28-20(14-24-26(35)12-19(16-32-4)13-27(24)36-28)8-10-30(25,2)29(31)23-7-5-6-21-17-33-11-9-22(21)23/h5-11,14,17,19,25,28-29,32H,12-13,15-16H2,1-4H3/t19?,25-,28+,29+,30-,31?/m0/s1. The molecule has 2 aromatic rings. The number of carbonyl (C=O) groups excluding carboxylic acids is 2. The molecule has 6 atom stereocenters. The van der Waals surface area contributed by atoms with Gasteiger partial charge in [0, 0.05) is 54.8 Å². The first kappa shape index (κ1) is 24.1. The molecule has 1 N–H and O–H groups in total. The molecule has 6 nitrogen and oxygen atoms in total. The van der Waals surface area contributed by atoms with Crippen LogP contribution in [0.1, 0.15) is 51.5 Å². The fraction of sp³-hybridized carbons (Fsp3) is 0.452. The Kier molecular flexibility index (Phi) is 5.64. The predicted octanol–water partition coefficient (Wildman–Crippen LogP) is 5.01. The van der Waals surface area contributed by atoms with Crippen LogP contribution in [0.5, 0.6) is 0 Å². The number of allylic oxidation sites excluding steroid dienone is 4. The maximum Gasteiger partial charge on any atom is 0.303 e. The van der Waals surface area contributed by atoms with Crippen molar-refractivity contribution in [3.63, 3.8) is 0 Å². The molecule has 4 aliphatic rings. The summed E-state index contributed by atoms with van der Waals surface area (Å²) >= 11 is 0. The average Bonchev–Trinajstić information content (AvgIpc) is 3.09. The number of ketones is 1. The minimum absolute atomic E-state index is 0.0732. The number of carbonyl (C=O) groups is 2. The quantitative estimate of drug-likeness (QED) is 0.597. The lowest BCUT2D eigenvalue weighted by Crippen LogP contribution is -2.42. The van der Waals surface area contributed by atoms with Crippen molar-refractivity contribution >= 4 is 22.5 Å². The Morgan fingerprint density at radius 3 is 2.86 bits per heavy atom. The van der Waals surface area contributed by atoms with Crippen LogP contribution in [0, 0.1) is 17.3 Å². The highest BCUT2D eigenvalue weighted by molar-refractivity contribution is 6.00. The van der Waals surface area contributed by atoms with Gasteiger partial charge >= 0.3 is 5.97 Å². The van der Waals surface area contributed by atoms with Gasteiger partial charge in [0.25, 0.3) is 0 Å². The summed E-state index contributed by atoms with van der Waals surface area (Å²) in [6.45, 7) is 6.62. The summed E-state index contributed by atoms with van der Waals surface area (Å²) in [4.78, 5) is 29.7. The third-order valence-electron chi connectivity index (χ3n) is 9.01. The van der Waals surface area contributed by atoms with E-state index in [0.717, 1.165) is 46.2 Å². The van der Waals surface area contributed by atoms with Crippen molar-refractivity contribution < 1.29 is 19.1 Å². The molecule has 0 saturated heterocycles. The maximum atomic E-state index is 13.0. The third kappa shape index (κ3) is 3.76. The molecule has 192 valence electrons. The number of esters is 1. The van der Waals surface area contributed by atoms with Gasteiger partial charge in [-0.15, -0.1) is 0 Å². The van der Waals surface area contributed by atoms with Gasteiger partial charge in [0.2, 0.25) is 0 Å². The lowest BCUT2D eigenvalue weighted by molar-refractivity contribution is -0.157. The minimum Gasteiger partial charge on any atom is -0.489 e. The van der Waals surface area contributed by atoms with Crippen molar-refractivity contribution in [1.82, 2.24) is 10.3 Å². The van der Waals surface area contributed by atoms with Crippen LogP contribution in [0.25, 0.3) is 10.8 Å². The maximum absolute atomic E-state index is 13.0. The summed E-state index contributed by atoms with van der Waals surface area (Å²) in [5, 5.41) is 5.40. The zero-order valence-electron chi connectivity index (χ0n) is 21.9. The van der Waals surface area contributed by atoms with E-state index in [4.69, 9.17) is 9.47 Å². The molecule has 3 aliphatic carbocycles. The normalized spacial score (nSPS) is 34.4. The molecule has 1 aromatic carbocycles. The predicted molar refractivity (Wildman–Crippen MR) is 142 cm³/mol. The first-order chi connectivity index (χ1) is 17.7. The zero-order valence-corrected chi connectivity index (χ0v) is 21.9. The number of aromatic nitrogens is 1. The zero-order chi connectivity index (χ0) is 25.9. The summed E-state index contributed by atoms with van der Waals surface area (Å²) in [6, 6.07) is 8.34. The highest BCUT2D eigenvalue weighted by atomic mass is 16.6. The second-order valence-corrected chi connectivity index (χ2v) is 11.6.